The number of ether oxygens (including phenoxy) is 1. The van der Waals surface area contributed by atoms with Crippen LogP contribution < -0.4 is 10.1 Å². The van der Waals surface area contributed by atoms with Crippen molar-refractivity contribution in [3.63, 3.8) is 0 Å². The monoisotopic (exact) mass is 487 g/mol. The van der Waals surface area contributed by atoms with Gasteiger partial charge in [0.2, 0.25) is 0 Å². The Morgan fingerprint density at radius 3 is 2.66 bits per heavy atom. The number of nitrogens with one attached hydrogen (secondary N) is 1. The summed E-state index contributed by atoms with van der Waals surface area (Å²) in [6, 6.07) is 23.3. The normalized spacial score (nSPS) is 10.9. The van der Waals surface area contributed by atoms with Crippen molar-refractivity contribution in [2.45, 2.75) is 32.2 Å². The molecule has 0 atom stereocenters. The second kappa shape index (κ2) is 12.2. The zero-order valence-electron chi connectivity index (χ0n) is 19.8. The average molecular weight is 488 g/mol. The second-order valence-corrected chi connectivity index (χ2v) is 8.72. The van der Waals surface area contributed by atoms with Gasteiger partial charge < -0.3 is 14.6 Å². The Hall–Kier alpha value is -3.57. The van der Waals surface area contributed by atoms with Gasteiger partial charge in [-0.25, -0.2) is 4.98 Å². The fraction of sp³-hybridized carbons (Fsp3) is 0.241. The highest BCUT2D eigenvalue weighted by molar-refractivity contribution is 6.33. The van der Waals surface area contributed by atoms with E-state index in [4.69, 9.17) is 21.3 Å². The highest BCUT2D eigenvalue weighted by Gasteiger charge is 2.13. The van der Waals surface area contributed by atoms with Crippen LogP contribution in [-0.2, 0) is 19.4 Å². The number of hydrogen-bond acceptors (Lipinski definition) is 3. The minimum atomic E-state index is -0.174. The molecule has 0 spiro atoms. The first-order valence-corrected chi connectivity index (χ1v) is 12.3. The van der Waals surface area contributed by atoms with Crippen molar-refractivity contribution in [3.05, 3.63) is 107 Å². The predicted octanol–water partition coefficient (Wildman–Crippen LogP) is 6.25. The molecule has 35 heavy (non-hydrogen) atoms. The van der Waals surface area contributed by atoms with Crippen molar-refractivity contribution in [2.24, 2.45) is 0 Å². The molecule has 0 fully saturated rings. The van der Waals surface area contributed by atoms with Crippen LogP contribution in [0.15, 0.2) is 85.5 Å². The lowest BCUT2D eigenvalue weighted by atomic mass is 10.1. The van der Waals surface area contributed by atoms with Crippen LogP contribution in [-0.4, -0.2) is 28.6 Å². The number of carbonyl (C=O) groups excluding carboxylic acids is 1. The number of fused-ring (bicyclic) bond motifs is 1. The van der Waals surface area contributed by atoms with Gasteiger partial charge in [-0.3, -0.25) is 4.79 Å². The number of amides is 1. The molecule has 0 aliphatic carbocycles. The van der Waals surface area contributed by atoms with Crippen molar-refractivity contribution in [1.82, 2.24) is 14.9 Å². The highest BCUT2D eigenvalue weighted by Crippen LogP contribution is 2.20. The lowest BCUT2D eigenvalue weighted by Crippen LogP contribution is -2.26. The molecule has 0 saturated heterocycles. The Labute approximate surface area is 211 Å². The van der Waals surface area contributed by atoms with E-state index in [9.17, 15) is 4.79 Å². The first-order valence-electron chi connectivity index (χ1n) is 12.0. The van der Waals surface area contributed by atoms with Crippen molar-refractivity contribution in [1.29, 1.82) is 0 Å². The molecule has 0 bridgehead atoms. The summed E-state index contributed by atoms with van der Waals surface area (Å²) in [5, 5.41) is 3.42. The van der Waals surface area contributed by atoms with Crippen LogP contribution in [0.3, 0.4) is 0 Å². The summed E-state index contributed by atoms with van der Waals surface area (Å²) >= 11 is 6.15. The molecule has 6 heteroatoms. The fourth-order valence-electron chi connectivity index (χ4n) is 4.12. The van der Waals surface area contributed by atoms with Gasteiger partial charge in [-0.2, -0.15) is 0 Å². The molecule has 0 radical (unpaired) electrons. The number of unbranched alkanes of at least 4 members (excludes halogenated alkanes) is 1. The standard InChI is InChI=1S/C29H30ClN3O2/c1-2-11-22-12-3-8-17-27(22)35-21-10-9-20-33-26-16-7-6-15-25(26)32-28(33)18-19-31-29(34)23-13-4-5-14-24(23)30/h2-8,12-17H,1,9-11,18-21H2,(H,31,34). The van der Waals surface area contributed by atoms with Gasteiger partial charge in [0.15, 0.2) is 0 Å². The molecule has 4 rings (SSSR count). The third-order valence-corrected chi connectivity index (χ3v) is 6.19. The quantitative estimate of drug-likeness (QED) is 0.190. The van der Waals surface area contributed by atoms with Crippen LogP contribution in [0.25, 0.3) is 11.0 Å². The van der Waals surface area contributed by atoms with Crippen LogP contribution in [0.2, 0.25) is 5.02 Å². The van der Waals surface area contributed by atoms with Gasteiger partial charge in [0.05, 0.1) is 28.2 Å². The maximum Gasteiger partial charge on any atom is 0.252 e. The Morgan fingerprint density at radius 1 is 1.03 bits per heavy atom. The minimum absolute atomic E-state index is 0.174. The third-order valence-electron chi connectivity index (χ3n) is 5.86. The molecular weight excluding hydrogens is 458 g/mol. The molecule has 0 aliphatic heterocycles. The molecule has 1 N–H and O–H groups in total. The Balaban J connectivity index is 1.34. The molecule has 4 aromatic rings. The minimum Gasteiger partial charge on any atom is -0.493 e. The first kappa shape index (κ1) is 24.6. The summed E-state index contributed by atoms with van der Waals surface area (Å²) in [6.45, 7) is 5.80. The number of aromatic nitrogens is 2. The van der Waals surface area contributed by atoms with E-state index in [2.05, 4.69) is 28.6 Å². The van der Waals surface area contributed by atoms with E-state index >= 15 is 0 Å². The predicted molar refractivity (Wildman–Crippen MR) is 142 cm³/mol. The maximum absolute atomic E-state index is 12.5. The molecule has 0 aliphatic rings. The van der Waals surface area contributed by atoms with Crippen molar-refractivity contribution in [3.8, 4) is 5.75 Å². The number of benzene rings is 3. The van der Waals surface area contributed by atoms with Crippen molar-refractivity contribution >= 4 is 28.5 Å². The molecule has 1 heterocycles. The van der Waals surface area contributed by atoms with E-state index in [0.717, 1.165) is 54.0 Å². The topological polar surface area (TPSA) is 56.1 Å². The van der Waals surface area contributed by atoms with E-state index in [1.807, 2.05) is 54.6 Å². The van der Waals surface area contributed by atoms with E-state index in [0.29, 0.717) is 30.2 Å². The third kappa shape index (κ3) is 6.31. The van der Waals surface area contributed by atoms with Gasteiger partial charge >= 0.3 is 0 Å². The largest absolute Gasteiger partial charge is 0.493 e. The van der Waals surface area contributed by atoms with Gasteiger partial charge in [0, 0.05) is 19.5 Å². The van der Waals surface area contributed by atoms with Crippen LogP contribution in [0.1, 0.15) is 34.6 Å². The number of allylic oxidation sites excluding steroid dienone is 1. The van der Waals surface area contributed by atoms with Gasteiger partial charge in [0.25, 0.3) is 5.91 Å². The Bertz CT molecular complexity index is 1300. The number of imidazole rings is 1. The summed E-state index contributed by atoms with van der Waals surface area (Å²) in [4.78, 5) is 17.3. The number of rotatable bonds is 12. The Kier molecular flexibility index (Phi) is 8.58. The van der Waals surface area contributed by atoms with E-state index in [1.54, 1.807) is 12.1 Å². The van der Waals surface area contributed by atoms with Gasteiger partial charge in [-0.1, -0.05) is 60.1 Å². The molecule has 5 nitrogen and oxygen atoms in total. The summed E-state index contributed by atoms with van der Waals surface area (Å²) < 4.78 is 8.29. The molecule has 0 unspecified atom stereocenters. The number of para-hydroxylation sites is 3. The van der Waals surface area contributed by atoms with Crippen LogP contribution in [0.5, 0.6) is 5.75 Å². The zero-order valence-corrected chi connectivity index (χ0v) is 20.5. The Morgan fingerprint density at radius 2 is 1.80 bits per heavy atom. The fourth-order valence-corrected chi connectivity index (χ4v) is 4.34. The number of hydrogen-bond donors (Lipinski definition) is 1. The van der Waals surface area contributed by atoms with Gasteiger partial charge in [-0.05, 0) is 55.2 Å². The lowest BCUT2D eigenvalue weighted by molar-refractivity contribution is 0.0954. The molecule has 180 valence electrons. The van der Waals surface area contributed by atoms with E-state index < -0.39 is 0 Å². The number of carbonyl (C=O) groups is 1. The molecule has 3 aromatic carbocycles. The van der Waals surface area contributed by atoms with Crippen LogP contribution in [0.4, 0.5) is 0 Å². The van der Waals surface area contributed by atoms with Gasteiger partial charge in [0.1, 0.15) is 11.6 Å². The molecule has 1 aromatic heterocycles. The maximum atomic E-state index is 12.5. The zero-order chi connectivity index (χ0) is 24.5. The smallest absolute Gasteiger partial charge is 0.252 e. The van der Waals surface area contributed by atoms with Crippen LogP contribution >= 0.6 is 11.6 Å². The average Bonchev–Trinajstić information content (AvgIpc) is 3.22. The van der Waals surface area contributed by atoms with E-state index in [-0.39, 0.29) is 5.91 Å². The number of nitrogens with zero attached hydrogens (tertiary/aromatic N) is 2. The molecule has 0 saturated carbocycles. The van der Waals surface area contributed by atoms with Crippen LogP contribution in [0, 0.1) is 0 Å². The molecule has 1 amide bonds. The number of aryl methyl sites for hydroxylation is 1. The molecular formula is C29H30ClN3O2. The summed E-state index contributed by atoms with van der Waals surface area (Å²) in [5.41, 5.74) is 3.72. The number of halogens is 1. The van der Waals surface area contributed by atoms with Gasteiger partial charge in [-0.15, -0.1) is 6.58 Å². The summed E-state index contributed by atoms with van der Waals surface area (Å²) in [6.07, 6.45) is 5.22. The van der Waals surface area contributed by atoms with Crippen molar-refractivity contribution in [2.75, 3.05) is 13.2 Å². The lowest BCUT2D eigenvalue weighted by Gasteiger charge is -2.12. The second-order valence-electron chi connectivity index (χ2n) is 8.31. The summed E-state index contributed by atoms with van der Waals surface area (Å²) in [5.74, 6) is 1.71. The highest BCUT2D eigenvalue weighted by atomic mass is 35.5. The van der Waals surface area contributed by atoms with E-state index in [1.165, 1.54) is 0 Å². The first-order chi connectivity index (χ1) is 17.2. The SMILES string of the molecule is C=CCc1ccccc1OCCCCn1c(CCNC(=O)c2ccccc2Cl)nc2ccccc21. The van der Waals surface area contributed by atoms with Crippen molar-refractivity contribution < 1.29 is 9.53 Å². The summed E-state index contributed by atoms with van der Waals surface area (Å²) in [7, 11) is 0.